The first kappa shape index (κ1) is 36.6. The van der Waals surface area contributed by atoms with Gasteiger partial charge < -0.3 is 19.4 Å². The van der Waals surface area contributed by atoms with E-state index in [2.05, 4.69) is 136 Å². The number of fused-ring (bicyclic) bond motifs is 3. The van der Waals surface area contributed by atoms with Crippen molar-refractivity contribution in [2.24, 2.45) is 0 Å². The van der Waals surface area contributed by atoms with Gasteiger partial charge in [-0.25, -0.2) is 0 Å². The van der Waals surface area contributed by atoms with Gasteiger partial charge in [-0.05, 0) is 81.2 Å². The Kier molecular flexibility index (Phi) is 10.9. The number of hydrogen-bond donors (Lipinski definition) is 0. The van der Waals surface area contributed by atoms with Crippen LogP contribution in [-0.4, -0.2) is 23.0 Å². The van der Waals surface area contributed by atoms with Gasteiger partial charge in [-0.1, -0.05) is 113 Å². The molecule has 7 aromatic rings. The Hall–Kier alpha value is -4.22. The van der Waals surface area contributed by atoms with Crippen molar-refractivity contribution in [3.63, 3.8) is 0 Å². The van der Waals surface area contributed by atoms with Crippen molar-refractivity contribution in [1.82, 2.24) is 15.0 Å². The zero-order chi connectivity index (χ0) is 34.9. The standard InChI is InChI=1S/C26H21N2O.C19H24NSi.Ir/c1-26(2,3)20-11-12-27-23(15-20)19-13-22-21-10-9-18(17-7-5-4-6-8-17)14-24(21)29-25(22)28-16-19;1-21(2,3)19-14-20-18(16-11-5-4-6-12-16)13-17(19)15-9-7-8-10-15;/h4-15H,1-3H3;4-6,11,13-15H,7-10H2,1-3H3;/q2*-1;. The van der Waals surface area contributed by atoms with Crippen LogP contribution >= 0.6 is 0 Å². The maximum absolute atomic E-state index is 6.02. The van der Waals surface area contributed by atoms with Gasteiger partial charge in [0.05, 0.1) is 8.07 Å². The first-order valence-corrected chi connectivity index (χ1v) is 21.3. The molecule has 0 N–H and O–H groups in total. The van der Waals surface area contributed by atoms with Crippen molar-refractivity contribution in [1.29, 1.82) is 0 Å². The molecule has 0 saturated heterocycles. The molecule has 261 valence electrons. The molecule has 8 rings (SSSR count). The van der Waals surface area contributed by atoms with E-state index in [1.807, 2.05) is 36.5 Å². The number of furan rings is 1. The van der Waals surface area contributed by atoms with Gasteiger partial charge in [0.15, 0.2) is 0 Å². The Labute approximate surface area is 317 Å². The summed E-state index contributed by atoms with van der Waals surface area (Å²) in [5.74, 6) is 0.747. The first-order valence-electron chi connectivity index (χ1n) is 17.8. The van der Waals surface area contributed by atoms with E-state index in [0.717, 1.165) is 50.4 Å². The Morgan fingerprint density at radius 3 is 2.20 bits per heavy atom. The summed E-state index contributed by atoms with van der Waals surface area (Å²) in [5.41, 5.74) is 10.5. The van der Waals surface area contributed by atoms with Crippen LogP contribution in [0, 0.1) is 12.3 Å². The molecule has 0 atom stereocenters. The van der Waals surface area contributed by atoms with Crippen LogP contribution in [0.25, 0.3) is 55.7 Å². The molecule has 0 aliphatic heterocycles. The van der Waals surface area contributed by atoms with E-state index in [1.54, 1.807) is 10.8 Å². The van der Waals surface area contributed by atoms with Crippen molar-refractivity contribution in [2.45, 2.75) is 77.4 Å². The van der Waals surface area contributed by atoms with Gasteiger partial charge in [0.2, 0.25) is 0 Å². The number of rotatable bonds is 5. The van der Waals surface area contributed by atoms with Gasteiger partial charge >= 0.3 is 0 Å². The molecule has 4 nitrogen and oxygen atoms in total. The summed E-state index contributed by atoms with van der Waals surface area (Å²) >= 11 is 0. The van der Waals surface area contributed by atoms with Crippen LogP contribution in [0.1, 0.15) is 63.5 Å². The molecule has 51 heavy (non-hydrogen) atoms. The van der Waals surface area contributed by atoms with Gasteiger partial charge in [-0.2, -0.15) is 0 Å². The molecule has 1 aliphatic carbocycles. The van der Waals surface area contributed by atoms with Crippen molar-refractivity contribution >= 4 is 35.3 Å². The topological polar surface area (TPSA) is 51.8 Å². The van der Waals surface area contributed by atoms with Crippen LogP contribution in [0.15, 0.2) is 114 Å². The van der Waals surface area contributed by atoms with Crippen LogP contribution in [0.4, 0.5) is 0 Å². The Bertz CT molecular complexity index is 2250. The molecule has 0 spiro atoms. The normalized spacial score (nSPS) is 13.5. The van der Waals surface area contributed by atoms with Crippen LogP contribution in [0.5, 0.6) is 0 Å². The van der Waals surface area contributed by atoms with Gasteiger partial charge in [0.25, 0.3) is 0 Å². The fourth-order valence-electron chi connectivity index (χ4n) is 6.97. The molecule has 1 aliphatic rings. The Balaban J connectivity index is 0.000000181. The summed E-state index contributed by atoms with van der Waals surface area (Å²) in [6, 6.07) is 36.7. The van der Waals surface area contributed by atoms with Crippen LogP contribution in [0.2, 0.25) is 19.6 Å². The van der Waals surface area contributed by atoms with Crippen molar-refractivity contribution in [2.75, 3.05) is 0 Å². The van der Waals surface area contributed by atoms with E-state index in [-0.39, 0.29) is 25.5 Å². The average molecular weight is 864 g/mol. The second kappa shape index (κ2) is 15.2. The quantitative estimate of drug-likeness (QED) is 0.128. The smallest absolute Gasteiger partial charge is 0.141 e. The Morgan fingerprint density at radius 2 is 1.49 bits per heavy atom. The number of hydrogen-bond acceptors (Lipinski definition) is 4. The maximum Gasteiger partial charge on any atom is 0.141 e. The summed E-state index contributed by atoms with van der Waals surface area (Å²) in [5, 5.41) is 3.58. The second-order valence-corrected chi connectivity index (χ2v) is 20.6. The molecule has 4 aromatic heterocycles. The summed E-state index contributed by atoms with van der Waals surface area (Å²) in [4.78, 5) is 13.8. The molecule has 6 heteroatoms. The molecule has 0 bridgehead atoms. The van der Waals surface area contributed by atoms with Gasteiger partial charge in [-0.3, -0.25) is 0 Å². The summed E-state index contributed by atoms with van der Waals surface area (Å²) in [6.45, 7) is 13.9. The monoisotopic (exact) mass is 864 g/mol. The third kappa shape index (κ3) is 8.15. The molecule has 1 fully saturated rings. The maximum atomic E-state index is 6.02. The predicted octanol–water partition coefficient (Wildman–Crippen LogP) is 11.6. The van der Waals surface area contributed by atoms with E-state index in [4.69, 9.17) is 9.40 Å². The van der Waals surface area contributed by atoms with Gasteiger partial charge in [0, 0.05) is 37.9 Å². The molecular formula is C45H45IrN3OSi-2. The number of benzene rings is 3. The SMILES string of the molecule is CC(C)(C)c1ccnc(-c2[c-]nc3oc4cc(-c5ccccc5)ccc4c3c2)c1.C[Si](C)(C)c1cnc(-c2[c-]cccc2)cc1C1CCCC1.[Ir]. The Morgan fingerprint density at radius 1 is 0.745 bits per heavy atom. The van der Waals surface area contributed by atoms with Crippen molar-refractivity contribution < 1.29 is 24.5 Å². The van der Waals surface area contributed by atoms with Crippen LogP contribution in [0.3, 0.4) is 0 Å². The van der Waals surface area contributed by atoms with Crippen molar-refractivity contribution in [3.05, 3.63) is 133 Å². The van der Waals surface area contributed by atoms with E-state index in [9.17, 15) is 0 Å². The van der Waals surface area contributed by atoms with Crippen molar-refractivity contribution in [3.8, 4) is 33.6 Å². The molecule has 1 radical (unpaired) electrons. The predicted molar refractivity (Wildman–Crippen MR) is 210 cm³/mol. The second-order valence-electron chi connectivity index (χ2n) is 15.5. The number of nitrogens with zero attached hydrogens (tertiary/aromatic N) is 3. The minimum Gasteiger partial charge on any atom is -0.483 e. The summed E-state index contributed by atoms with van der Waals surface area (Å²) in [6.07, 6.45) is 12.6. The largest absolute Gasteiger partial charge is 0.483 e. The third-order valence-corrected chi connectivity index (χ3v) is 11.8. The zero-order valence-electron chi connectivity index (χ0n) is 30.4. The zero-order valence-corrected chi connectivity index (χ0v) is 33.8. The molecule has 0 unspecified atom stereocenters. The summed E-state index contributed by atoms with van der Waals surface area (Å²) in [7, 11) is -1.34. The molecule has 0 amide bonds. The molecule has 1 saturated carbocycles. The molecule has 3 aromatic carbocycles. The number of aromatic nitrogens is 3. The van der Waals surface area contributed by atoms with Gasteiger partial charge in [-0.15, -0.1) is 47.5 Å². The fraction of sp³-hybridized carbons (Fsp3) is 0.267. The van der Waals surface area contributed by atoms with Gasteiger partial charge in [0.1, 0.15) is 11.3 Å². The van der Waals surface area contributed by atoms with E-state index >= 15 is 0 Å². The van der Waals surface area contributed by atoms with Crippen LogP contribution < -0.4 is 5.19 Å². The fourth-order valence-corrected chi connectivity index (χ4v) is 8.57. The minimum absolute atomic E-state index is 0. The third-order valence-electron chi connectivity index (χ3n) is 9.81. The van der Waals surface area contributed by atoms with E-state index in [1.165, 1.54) is 36.8 Å². The van der Waals surface area contributed by atoms with E-state index in [0.29, 0.717) is 5.71 Å². The number of pyridine rings is 3. The van der Waals surface area contributed by atoms with Crippen LogP contribution in [-0.2, 0) is 25.5 Å². The summed E-state index contributed by atoms with van der Waals surface area (Å²) < 4.78 is 6.02. The van der Waals surface area contributed by atoms with E-state index < -0.39 is 8.07 Å². The first-order chi connectivity index (χ1) is 24.0. The minimum atomic E-state index is -1.34. The average Bonchev–Trinajstić information content (AvgIpc) is 3.80. The molecule has 4 heterocycles. The molecular weight excluding hydrogens is 819 g/mol.